The van der Waals surface area contributed by atoms with E-state index in [0.717, 1.165) is 17.1 Å². The van der Waals surface area contributed by atoms with Crippen LogP contribution in [0.5, 0.6) is 0 Å². The molecule has 4 atom stereocenters. The van der Waals surface area contributed by atoms with Gasteiger partial charge in [0.15, 0.2) is 0 Å². The average molecular weight is 989 g/mol. The van der Waals surface area contributed by atoms with Gasteiger partial charge in [-0.2, -0.15) is 0 Å². The molecule has 2 heteroatoms. The van der Waals surface area contributed by atoms with E-state index >= 15 is 0 Å². The van der Waals surface area contributed by atoms with Crippen LogP contribution in [0.4, 0.5) is 22.7 Å². The first-order valence-corrected chi connectivity index (χ1v) is 27.3. The highest BCUT2D eigenvalue weighted by molar-refractivity contribution is 5.93. The largest absolute Gasteiger partial charge is 0.328 e. The molecular weight excluding hydrogens is 929 g/mol. The topological polar surface area (TPSA) is 6.48 Å². The van der Waals surface area contributed by atoms with Crippen molar-refractivity contribution in [1.82, 2.24) is 0 Å². The maximum Gasteiger partial charge on any atom is 0.0837 e. The Kier molecular flexibility index (Phi) is 10.6. The summed E-state index contributed by atoms with van der Waals surface area (Å²) in [6.07, 6.45) is 7.92. The van der Waals surface area contributed by atoms with Gasteiger partial charge >= 0.3 is 0 Å². The van der Waals surface area contributed by atoms with Crippen LogP contribution in [0.1, 0.15) is 55.5 Å². The molecule has 14 rings (SSSR count). The smallest absolute Gasteiger partial charge is 0.0837 e. The molecule has 10 aromatic carbocycles. The van der Waals surface area contributed by atoms with Gasteiger partial charge in [0, 0.05) is 33.5 Å². The summed E-state index contributed by atoms with van der Waals surface area (Å²) in [6, 6.07) is 102. The molecule has 0 saturated carbocycles. The van der Waals surface area contributed by atoms with E-state index in [1.54, 1.807) is 0 Å². The molecule has 3 aliphatic carbocycles. The SMILES string of the molecule is CC1(c2ccccc2)C=CC2(C)C3=C1C(C)(N(c1ccc(-c4ccccc4)cc1)c1ccccc1-c1ccccc1)C=C1C3(C)c3c(cccc3C1(c1ccccc1)c1ccccc1)N2c1ccc(-c2ccccc2)cc1. The third-order valence-corrected chi connectivity index (χ3v) is 18.0. The maximum atomic E-state index is 2.77. The standard InChI is InChI=1S/C75H60N2/c1-71(58-32-17-8-18-33-58)50-51-72(2)70-69(71)73(3,76(61-46-42-55(43-47-61)53-26-11-5-12-27-53)65-40-24-23-38-63(65)57-30-15-7-16-31-57)52-67-74(70,4)68-64(75(67,59-34-19-9-20-35-59)60-36-21-10-22-37-60)39-25-41-66(68)77(72)62-48-44-56(45-49-62)54-28-13-6-14-29-54/h5-52H,1-4H3. The number of nitrogens with zero attached hydrogens (tertiary/aromatic N) is 2. The van der Waals surface area contributed by atoms with Crippen LogP contribution in [-0.4, -0.2) is 11.1 Å². The molecule has 2 nitrogen and oxygen atoms in total. The Morgan fingerprint density at radius 3 is 1.40 bits per heavy atom. The molecular formula is C75H60N2. The zero-order valence-electron chi connectivity index (χ0n) is 44.1. The van der Waals surface area contributed by atoms with Crippen LogP contribution in [-0.2, 0) is 16.2 Å². The fraction of sp³-hybridized carbons (Fsp3) is 0.120. The Hall–Kier alpha value is -8.98. The van der Waals surface area contributed by atoms with Crippen LogP contribution in [0.2, 0.25) is 0 Å². The lowest BCUT2D eigenvalue weighted by molar-refractivity contribution is 0.402. The number of allylic oxidation sites excluding steroid dienone is 2. The summed E-state index contributed by atoms with van der Waals surface area (Å²) in [5.74, 6) is 0. The van der Waals surface area contributed by atoms with Gasteiger partial charge in [-0.25, -0.2) is 0 Å². The van der Waals surface area contributed by atoms with E-state index in [0.29, 0.717) is 0 Å². The second kappa shape index (κ2) is 17.5. The first-order valence-electron chi connectivity index (χ1n) is 27.3. The molecule has 0 saturated heterocycles. The van der Waals surface area contributed by atoms with Crippen molar-refractivity contribution >= 4 is 22.7 Å². The lowest BCUT2D eigenvalue weighted by Gasteiger charge is -2.63. The minimum absolute atomic E-state index is 0.583. The number of rotatable bonds is 10. The average Bonchev–Trinajstić information content (AvgIpc) is 3.79. The quantitative estimate of drug-likeness (QED) is 0.126. The molecule has 0 aromatic heterocycles. The molecule has 10 aromatic rings. The first kappa shape index (κ1) is 46.5. The fourth-order valence-electron chi connectivity index (χ4n) is 14.9. The normalized spacial score (nSPS) is 22.3. The van der Waals surface area contributed by atoms with E-state index in [2.05, 4.69) is 329 Å². The Balaban J connectivity index is 1.16. The van der Waals surface area contributed by atoms with E-state index in [1.165, 1.54) is 83.6 Å². The third-order valence-electron chi connectivity index (χ3n) is 18.0. The molecule has 0 radical (unpaired) electrons. The van der Waals surface area contributed by atoms with Crippen LogP contribution in [0.15, 0.2) is 308 Å². The van der Waals surface area contributed by atoms with Gasteiger partial charge in [-0.1, -0.05) is 255 Å². The summed E-state index contributed by atoms with van der Waals surface area (Å²) >= 11 is 0. The Labute approximate surface area is 454 Å². The summed E-state index contributed by atoms with van der Waals surface area (Å²) in [6.45, 7) is 10.2. The third kappa shape index (κ3) is 6.68. The van der Waals surface area contributed by atoms with Crippen LogP contribution in [0, 0.1) is 0 Å². The summed E-state index contributed by atoms with van der Waals surface area (Å²) in [5, 5.41) is 0. The molecule has 0 fully saturated rings. The van der Waals surface area contributed by atoms with Crippen molar-refractivity contribution in [2.75, 3.05) is 9.80 Å². The van der Waals surface area contributed by atoms with Crippen molar-refractivity contribution in [3.8, 4) is 33.4 Å². The molecule has 4 unspecified atom stereocenters. The van der Waals surface area contributed by atoms with Crippen molar-refractivity contribution in [2.45, 2.75) is 55.0 Å². The Bertz CT molecular complexity index is 3900. The first-order chi connectivity index (χ1) is 37.7. The highest BCUT2D eigenvalue weighted by Gasteiger charge is 2.69. The molecule has 1 aliphatic heterocycles. The molecule has 4 aliphatic rings. The fourth-order valence-corrected chi connectivity index (χ4v) is 14.9. The van der Waals surface area contributed by atoms with E-state index < -0.39 is 27.3 Å². The number of benzene rings is 10. The second-order valence-corrected chi connectivity index (χ2v) is 22.2. The highest BCUT2D eigenvalue weighted by atomic mass is 15.2. The number of hydrogen-bond donors (Lipinski definition) is 0. The van der Waals surface area contributed by atoms with Crippen molar-refractivity contribution in [1.29, 1.82) is 0 Å². The summed E-state index contributed by atoms with van der Waals surface area (Å²) in [5.41, 5.74) is 19.1. The molecule has 0 N–H and O–H groups in total. The van der Waals surface area contributed by atoms with Crippen LogP contribution in [0.25, 0.3) is 33.4 Å². The van der Waals surface area contributed by atoms with Gasteiger partial charge in [0.1, 0.15) is 0 Å². The molecule has 0 spiro atoms. The van der Waals surface area contributed by atoms with Gasteiger partial charge in [-0.05, 0) is 136 Å². The summed E-state index contributed by atoms with van der Waals surface area (Å²) in [4.78, 5) is 5.42. The molecule has 77 heavy (non-hydrogen) atoms. The zero-order chi connectivity index (χ0) is 52.0. The molecule has 1 heterocycles. The van der Waals surface area contributed by atoms with Crippen molar-refractivity contribution < 1.29 is 0 Å². The summed E-state index contributed by atoms with van der Waals surface area (Å²) < 4.78 is 0. The van der Waals surface area contributed by atoms with E-state index in [4.69, 9.17) is 0 Å². The molecule has 0 bridgehead atoms. The van der Waals surface area contributed by atoms with E-state index in [9.17, 15) is 0 Å². The highest BCUT2D eigenvalue weighted by Crippen LogP contribution is 2.74. The number of para-hydroxylation sites is 1. The predicted octanol–water partition coefficient (Wildman–Crippen LogP) is 18.6. The molecule has 0 amide bonds. The van der Waals surface area contributed by atoms with Gasteiger partial charge in [-0.15, -0.1) is 0 Å². The second-order valence-electron chi connectivity index (χ2n) is 22.2. The number of anilines is 4. The monoisotopic (exact) mass is 988 g/mol. The van der Waals surface area contributed by atoms with Crippen LogP contribution < -0.4 is 9.80 Å². The van der Waals surface area contributed by atoms with Gasteiger partial charge in [0.2, 0.25) is 0 Å². The van der Waals surface area contributed by atoms with Crippen LogP contribution in [0.3, 0.4) is 0 Å². The maximum absolute atomic E-state index is 2.77. The molecule has 370 valence electrons. The lowest BCUT2D eigenvalue weighted by atomic mass is 9.48. The van der Waals surface area contributed by atoms with E-state index in [-0.39, 0.29) is 0 Å². The minimum atomic E-state index is -0.836. The van der Waals surface area contributed by atoms with Crippen molar-refractivity contribution in [3.05, 3.63) is 336 Å². The van der Waals surface area contributed by atoms with Gasteiger partial charge in [0.05, 0.1) is 22.2 Å². The van der Waals surface area contributed by atoms with E-state index in [1.807, 2.05) is 0 Å². The lowest BCUT2D eigenvalue weighted by Crippen LogP contribution is -2.63. The summed E-state index contributed by atoms with van der Waals surface area (Å²) in [7, 11) is 0. The number of hydrogen-bond acceptors (Lipinski definition) is 2. The van der Waals surface area contributed by atoms with Gasteiger partial charge in [-0.3, -0.25) is 0 Å². The van der Waals surface area contributed by atoms with Crippen LogP contribution >= 0.6 is 0 Å². The Morgan fingerprint density at radius 1 is 0.377 bits per heavy atom. The van der Waals surface area contributed by atoms with Gasteiger partial charge in [0.25, 0.3) is 0 Å². The minimum Gasteiger partial charge on any atom is -0.328 e. The Morgan fingerprint density at radius 2 is 0.844 bits per heavy atom. The predicted molar refractivity (Wildman–Crippen MR) is 321 cm³/mol. The van der Waals surface area contributed by atoms with Crippen molar-refractivity contribution in [3.63, 3.8) is 0 Å². The zero-order valence-corrected chi connectivity index (χ0v) is 44.1. The van der Waals surface area contributed by atoms with Crippen molar-refractivity contribution in [2.24, 2.45) is 0 Å². The van der Waals surface area contributed by atoms with Gasteiger partial charge < -0.3 is 9.80 Å².